The van der Waals surface area contributed by atoms with Gasteiger partial charge in [0.25, 0.3) is 5.92 Å². The second-order valence-corrected chi connectivity index (χ2v) is 9.61. The summed E-state index contributed by atoms with van der Waals surface area (Å²) in [5.41, 5.74) is 6.97. The normalized spacial score (nSPS) is 14.9. The molecule has 5 heteroatoms. The highest BCUT2D eigenvalue weighted by atomic mass is 35.5. The minimum Gasteiger partial charge on any atom is -0.371 e. The fourth-order valence-corrected chi connectivity index (χ4v) is 5.23. The smallest absolute Gasteiger partial charge is 0.270 e. The van der Waals surface area contributed by atoms with Gasteiger partial charge in [-0.3, -0.25) is 0 Å². The van der Waals surface area contributed by atoms with Crippen LogP contribution in [0, 0.1) is 20.8 Å². The van der Waals surface area contributed by atoms with Gasteiger partial charge in [-0.2, -0.15) is 0 Å². The number of piperidine rings is 1. The van der Waals surface area contributed by atoms with E-state index in [0.29, 0.717) is 6.54 Å². The lowest BCUT2D eigenvalue weighted by atomic mass is 10.0. The summed E-state index contributed by atoms with van der Waals surface area (Å²) < 4.78 is 30.1. The number of hydrogen-bond acceptors (Lipinski definition) is 1. The second-order valence-electron chi connectivity index (χ2n) is 9.23. The Morgan fingerprint density at radius 3 is 2.38 bits per heavy atom. The fraction of sp³-hybridized carbons (Fsp3) is 0.407. The zero-order chi connectivity index (χ0) is 23.2. The third-order valence-corrected chi connectivity index (χ3v) is 7.16. The molecule has 0 N–H and O–H groups in total. The molecule has 1 saturated heterocycles. The SMILES string of the molecule is C=C(c1ccc(C)c(Cn2cc(C)c3cc(C(C)(F)F)cc(C)c32)c1Cl)N1CCCCC1. The van der Waals surface area contributed by atoms with Crippen LogP contribution in [0.4, 0.5) is 8.78 Å². The van der Waals surface area contributed by atoms with Crippen LogP contribution in [0.3, 0.4) is 0 Å². The van der Waals surface area contributed by atoms with E-state index < -0.39 is 5.92 Å². The van der Waals surface area contributed by atoms with E-state index in [1.54, 1.807) is 12.1 Å². The number of rotatable bonds is 5. The number of aryl methyl sites for hydroxylation is 3. The third kappa shape index (κ3) is 4.17. The molecule has 1 aliphatic rings. The van der Waals surface area contributed by atoms with Crippen molar-refractivity contribution in [3.63, 3.8) is 0 Å². The van der Waals surface area contributed by atoms with Crippen molar-refractivity contribution in [3.05, 3.63) is 75.4 Å². The first-order valence-corrected chi connectivity index (χ1v) is 11.7. The average molecular weight is 457 g/mol. The second kappa shape index (κ2) is 8.55. The zero-order valence-electron chi connectivity index (χ0n) is 19.4. The van der Waals surface area contributed by atoms with Crippen LogP contribution < -0.4 is 0 Å². The molecule has 0 aliphatic carbocycles. The van der Waals surface area contributed by atoms with E-state index in [-0.39, 0.29) is 5.56 Å². The van der Waals surface area contributed by atoms with E-state index in [1.165, 1.54) is 19.3 Å². The quantitative estimate of drug-likeness (QED) is 0.379. The average Bonchev–Trinajstić information content (AvgIpc) is 3.06. The lowest BCUT2D eigenvalue weighted by molar-refractivity contribution is 0.0175. The summed E-state index contributed by atoms with van der Waals surface area (Å²) in [6, 6.07) is 7.39. The standard InChI is InChI=1S/C27H31ClF2N2/c1-17-9-10-22(20(4)31-11-7-6-8-12-31)25(28)24(17)16-32-15-19(3)23-14-21(27(5,29)30)13-18(2)26(23)32/h9-10,13-15H,4,6-8,11-12,16H2,1-3,5H3. The number of alkyl halides is 2. The highest BCUT2D eigenvalue weighted by molar-refractivity contribution is 6.33. The summed E-state index contributed by atoms with van der Waals surface area (Å²) in [6.07, 6.45) is 5.67. The highest BCUT2D eigenvalue weighted by Gasteiger charge is 2.26. The zero-order valence-corrected chi connectivity index (χ0v) is 20.1. The number of fused-ring (bicyclic) bond motifs is 1. The maximum atomic E-state index is 14.0. The third-order valence-electron chi connectivity index (χ3n) is 6.72. The maximum absolute atomic E-state index is 14.0. The Morgan fingerprint density at radius 2 is 1.72 bits per heavy atom. The molecule has 1 aliphatic heterocycles. The first-order valence-electron chi connectivity index (χ1n) is 11.3. The lowest BCUT2D eigenvalue weighted by Crippen LogP contribution is -2.28. The molecule has 4 rings (SSSR count). The van der Waals surface area contributed by atoms with Crippen molar-refractivity contribution >= 4 is 28.2 Å². The van der Waals surface area contributed by atoms with Gasteiger partial charge in [-0.25, -0.2) is 8.78 Å². The summed E-state index contributed by atoms with van der Waals surface area (Å²) in [5.74, 6) is -2.86. The van der Waals surface area contributed by atoms with Gasteiger partial charge >= 0.3 is 0 Å². The van der Waals surface area contributed by atoms with Gasteiger partial charge in [0.05, 0.1) is 10.5 Å². The van der Waals surface area contributed by atoms with Crippen molar-refractivity contribution in [3.8, 4) is 0 Å². The van der Waals surface area contributed by atoms with Crippen LogP contribution >= 0.6 is 11.6 Å². The molecule has 2 heterocycles. The predicted octanol–water partition coefficient (Wildman–Crippen LogP) is 7.84. The van der Waals surface area contributed by atoms with Crippen molar-refractivity contribution in [2.24, 2.45) is 0 Å². The highest BCUT2D eigenvalue weighted by Crippen LogP contribution is 2.36. The first kappa shape index (κ1) is 22.8. The Balaban J connectivity index is 1.75. The van der Waals surface area contributed by atoms with Gasteiger partial charge in [-0.1, -0.05) is 30.3 Å². The van der Waals surface area contributed by atoms with E-state index in [0.717, 1.165) is 69.5 Å². The topological polar surface area (TPSA) is 8.17 Å². The first-order chi connectivity index (χ1) is 15.1. The van der Waals surface area contributed by atoms with Crippen LogP contribution in [0.5, 0.6) is 0 Å². The Labute approximate surface area is 194 Å². The summed E-state index contributed by atoms with van der Waals surface area (Å²) in [6.45, 7) is 13.9. The monoisotopic (exact) mass is 456 g/mol. The van der Waals surface area contributed by atoms with Gasteiger partial charge in [0, 0.05) is 55.0 Å². The molecule has 170 valence electrons. The van der Waals surface area contributed by atoms with Crippen molar-refractivity contribution in [2.75, 3.05) is 13.1 Å². The van der Waals surface area contributed by atoms with E-state index in [1.807, 2.05) is 20.0 Å². The molecule has 1 fully saturated rings. The summed E-state index contributed by atoms with van der Waals surface area (Å²) in [7, 11) is 0. The van der Waals surface area contributed by atoms with Gasteiger partial charge in [0.1, 0.15) is 0 Å². The molecule has 0 atom stereocenters. The number of benzene rings is 2. The molecular formula is C27H31ClF2N2. The molecule has 2 nitrogen and oxygen atoms in total. The van der Waals surface area contributed by atoms with E-state index in [4.69, 9.17) is 11.6 Å². The number of aromatic nitrogens is 1. The van der Waals surface area contributed by atoms with Gasteiger partial charge in [0.15, 0.2) is 0 Å². The van der Waals surface area contributed by atoms with Crippen LogP contribution in [0.25, 0.3) is 16.6 Å². The van der Waals surface area contributed by atoms with E-state index in [2.05, 4.69) is 35.1 Å². The molecule has 3 aromatic rings. The van der Waals surface area contributed by atoms with Crippen molar-refractivity contribution in [1.82, 2.24) is 9.47 Å². The molecule has 0 bridgehead atoms. The van der Waals surface area contributed by atoms with Crippen molar-refractivity contribution < 1.29 is 8.78 Å². The molecule has 0 amide bonds. The van der Waals surface area contributed by atoms with Crippen LogP contribution in [-0.4, -0.2) is 22.6 Å². The minimum absolute atomic E-state index is 0.0531. The minimum atomic E-state index is -2.86. The van der Waals surface area contributed by atoms with Gasteiger partial charge in [-0.05, 0) is 74.4 Å². The molecular weight excluding hydrogens is 426 g/mol. The van der Waals surface area contributed by atoms with Crippen LogP contribution in [-0.2, 0) is 12.5 Å². The molecule has 1 aromatic heterocycles. The number of hydrogen-bond donors (Lipinski definition) is 0. The van der Waals surface area contributed by atoms with Crippen molar-refractivity contribution in [1.29, 1.82) is 0 Å². The fourth-order valence-electron chi connectivity index (χ4n) is 4.85. The summed E-state index contributed by atoms with van der Waals surface area (Å²) >= 11 is 6.96. The summed E-state index contributed by atoms with van der Waals surface area (Å²) in [4.78, 5) is 2.33. The predicted molar refractivity (Wildman–Crippen MR) is 131 cm³/mol. The van der Waals surface area contributed by atoms with Gasteiger partial charge in [0.2, 0.25) is 0 Å². The van der Waals surface area contributed by atoms with E-state index in [9.17, 15) is 8.78 Å². The number of likely N-dealkylation sites (tertiary alicyclic amines) is 1. The molecule has 0 saturated carbocycles. The van der Waals surface area contributed by atoms with Crippen LogP contribution in [0.2, 0.25) is 5.02 Å². The van der Waals surface area contributed by atoms with Crippen LogP contribution in [0.1, 0.15) is 59.6 Å². The number of halogens is 3. The Bertz CT molecular complexity index is 1180. The van der Waals surface area contributed by atoms with Crippen LogP contribution in [0.15, 0.2) is 37.0 Å². The Hall–Kier alpha value is -2.33. The van der Waals surface area contributed by atoms with E-state index >= 15 is 0 Å². The molecule has 2 aromatic carbocycles. The van der Waals surface area contributed by atoms with Gasteiger partial charge < -0.3 is 9.47 Å². The summed E-state index contributed by atoms with van der Waals surface area (Å²) in [5, 5.41) is 1.60. The molecule has 32 heavy (non-hydrogen) atoms. The Kier molecular flexibility index (Phi) is 6.10. The maximum Gasteiger partial charge on any atom is 0.270 e. The molecule has 0 spiro atoms. The molecule has 0 unspecified atom stereocenters. The molecule has 0 radical (unpaired) electrons. The Morgan fingerprint density at radius 1 is 1.03 bits per heavy atom. The van der Waals surface area contributed by atoms with Crippen molar-refractivity contribution in [2.45, 2.75) is 59.4 Å². The van der Waals surface area contributed by atoms with Gasteiger partial charge in [-0.15, -0.1) is 0 Å². The number of nitrogens with zero attached hydrogens (tertiary/aromatic N) is 2. The lowest BCUT2D eigenvalue weighted by Gasteiger charge is -2.31. The largest absolute Gasteiger partial charge is 0.371 e.